The van der Waals surface area contributed by atoms with Gasteiger partial charge in [0.15, 0.2) is 0 Å². The fraction of sp³-hybridized carbons (Fsp3) is 0.208. The van der Waals surface area contributed by atoms with E-state index in [9.17, 15) is 9.59 Å². The molecular weight excluding hydrogens is 412 g/mol. The first-order valence-electron chi connectivity index (χ1n) is 9.94. The minimum atomic E-state index is -0.352. The van der Waals surface area contributed by atoms with E-state index in [1.54, 1.807) is 55.1 Å². The third-order valence-electron chi connectivity index (χ3n) is 4.31. The Morgan fingerprint density at radius 2 is 1.81 bits per heavy atom. The van der Waals surface area contributed by atoms with Gasteiger partial charge in [-0.25, -0.2) is 10.2 Å². The van der Waals surface area contributed by atoms with Crippen LogP contribution in [0.3, 0.4) is 0 Å². The van der Waals surface area contributed by atoms with Gasteiger partial charge in [0, 0.05) is 22.6 Å². The molecule has 31 heavy (non-hydrogen) atoms. The molecule has 2 aromatic carbocycles. The maximum atomic E-state index is 11.9. The number of amides is 1. The largest absolute Gasteiger partial charge is 0.462 e. The molecule has 0 fully saturated rings. The Bertz CT molecular complexity index is 1040. The van der Waals surface area contributed by atoms with Crippen LogP contribution in [0.5, 0.6) is 0 Å². The van der Waals surface area contributed by atoms with Crippen LogP contribution in [0.4, 0.5) is 0 Å². The van der Waals surface area contributed by atoms with Crippen molar-refractivity contribution in [3.63, 3.8) is 0 Å². The second-order valence-corrected chi connectivity index (χ2v) is 7.87. The van der Waals surface area contributed by atoms with Crippen molar-refractivity contribution in [2.75, 3.05) is 12.4 Å². The van der Waals surface area contributed by atoms with Gasteiger partial charge in [-0.05, 0) is 50.2 Å². The fourth-order valence-corrected chi connectivity index (χ4v) is 3.53. The van der Waals surface area contributed by atoms with Crippen LogP contribution in [0.25, 0.3) is 11.3 Å². The number of hydrazone groups is 1. The Morgan fingerprint density at radius 3 is 2.52 bits per heavy atom. The number of esters is 1. The number of rotatable bonds is 9. The molecule has 0 aliphatic carbocycles. The average Bonchev–Trinajstić information content (AvgIpc) is 3.24. The van der Waals surface area contributed by atoms with E-state index in [1.165, 1.54) is 11.8 Å². The summed E-state index contributed by atoms with van der Waals surface area (Å²) in [4.78, 5) is 24.8. The summed E-state index contributed by atoms with van der Waals surface area (Å²) in [5.74, 6) is 1.32. The topological polar surface area (TPSA) is 80.9 Å². The van der Waals surface area contributed by atoms with Gasteiger partial charge in [0.2, 0.25) is 5.91 Å². The Kier molecular flexibility index (Phi) is 8.06. The third-order valence-corrected chi connectivity index (χ3v) is 5.32. The lowest BCUT2D eigenvalue weighted by molar-refractivity contribution is -0.120. The number of nitrogens with zero attached hydrogens (tertiary/aromatic N) is 1. The Morgan fingerprint density at radius 1 is 1.06 bits per heavy atom. The monoisotopic (exact) mass is 436 g/mol. The molecule has 0 saturated carbocycles. The SMILES string of the molecule is CCOC(=O)c1ccc(-c2ccc(/C=N\NC(=O)CCSc3ccc(C)cc3)o2)cc1. The van der Waals surface area contributed by atoms with Gasteiger partial charge in [0.05, 0.1) is 18.4 Å². The first-order valence-corrected chi connectivity index (χ1v) is 10.9. The average molecular weight is 437 g/mol. The quantitative estimate of drug-likeness (QED) is 0.219. The van der Waals surface area contributed by atoms with Crippen LogP contribution in [0, 0.1) is 6.92 Å². The molecule has 0 aliphatic rings. The summed E-state index contributed by atoms with van der Waals surface area (Å²) >= 11 is 1.63. The van der Waals surface area contributed by atoms with Crippen molar-refractivity contribution in [2.45, 2.75) is 25.2 Å². The zero-order valence-corrected chi connectivity index (χ0v) is 18.3. The standard InChI is InChI=1S/C24H24N2O4S/c1-3-29-24(28)19-8-6-18(7-9-19)22-13-10-20(30-22)16-25-26-23(27)14-15-31-21-11-4-17(2)5-12-21/h4-13,16H,3,14-15H2,1-2H3,(H,26,27)/b25-16-. The number of hydrogen-bond donors (Lipinski definition) is 1. The molecular formula is C24H24N2O4S. The Labute approximate surface area is 185 Å². The van der Waals surface area contributed by atoms with Gasteiger partial charge in [0.25, 0.3) is 0 Å². The molecule has 1 amide bonds. The van der Waals surface area contributed by atoms with E-state index in [4.69, 9.17) is 9.15 Å². The highest BCUT2D eigenvalue weighted by Gasteiger charge is 2.08. The Hall–Kier alpha value is -3.32. The number of aryl methyl sites for hydroxylation is 1. The normalized spacial score (nSPS) is 10.9. The van der Waals surface area contributed by atoms with Gasteiger partial charge < -0.3 is 9.15 Å². The lowest BCUT2D eigenvalue weighted by Gasteiger charge is -2.02. The molecule has 1 N–H and O–H groups in total. The molecule has 0 atom stereocenters. The van der Waals surface area contributed by atoms with Crippen LogP contribution in [0.2, 0.25) is 0 Å². The summed E-state index contributed by atoms with van der Waals surface area (Å²) in [5.41, 5.74) is 5.04. The lowest BCUT2D eigenvalue weighted by Crippen LogP contribution is -2.17. The molecule has 0 saturated heterocycles. The maximum Gasteiger partial charge on any atom is 0.338 e. The molecule has 7 heteroatoms. The highest BCUT2D eigenvalue weighted by molar-refractivity contribution is 7.99. The minimum Gasteiger partial charge on any atom is -0.462 e. The second-order valence-electron chi connectivity index (χ2n) is 6.70. The number of furan rings is 1. The van der Waals surface area contributed by atoms with Crippen LogP contribution in [0.15, 0.2) is 75.1 Å². The highest BCUT2D eigenvalue weighted by Crippen LogP contribution is 2.22. The predicted octanol–water partition coefficient (Wildman–Crippen LogP) is 5.06. The summed E-state index contributed by atoms with van der Waals surface area (Å²) in [6, 6.07) is 18.7. The molecule has 0 spiro atoms. The molecule has 0 bridgehead atoms. The summed E-state index contributed by atoms with van der Waals surface area (Å²) in [6.45, 7) is 4.15. The molecule has 0 aliphatic heterocycles. The number of hydrogen-bond acceptors (Lipinski definition) is 6. The van der Waals surface area contributed by atoms with Crippen molar-refractivity contribution < 1.29 is 18.7 Å². The number of ether oxygens (including phenoxy) is 1. The van der Waals surface area contributed by atoms with Crippen LogP contribution in [-0.2, 0) is 9.53 Å². The summed E-state index contributed by atoms with van der Waals surface area (Å²) in [5, 5.41) is 3.95. The zero-order chi connectivity index (χ0) is 22.1. The zero-order valence-electron chi connectivity index (χ0n) is 17.5. The molecule has 3 rings (SSSR count). The molecule has 0 unspecified atom stereocenters. The van der Waals surface area contributed by atoms with Crippen molar-refractivity contribution in [2.24, 2.45) is 5.10 Å². The predicted molar refractivity (Wildman–Crippen MR) is 122 cm³/mol. The first-order chi connectivity index (χ1) is 15.0. The van der Waals surface area contributed by atoms with E-state index < -0.39 is 0 Å². The maximum absolute atomic E-state index is 11.9. The van der Waals surface area contributed by atoms with Crippen molar-refractivity contribution in [1.29, 1.82) is 0 Å². The summed E-state index contributed by atoms with van der Waals surface area (Å²) in [6.07, 6.45) is 1.83. The number of benzene rings is 2. The molecule has 1 heterocycles. The lowest BCUT2D eigenvalue weighted by atomic mass is 10.1. The van der Waals surface area contributed by atoms with E-state index in [1.807, 2.05) is 6.92 Å². The van der Waals surface area contributed by atoms with Crippen LogP contribution in [0.1, 0.15) is 35.0 Å². The number of thioether (sulfide) groups is 1. The van der Waals surface area contributed by atoms with Gasteiger partial charge in [-0.1, -0.05) is 29.8 Å². The smallest absolute Gasteiger partial charge is 0.338 e. The van der Waals surface area contributed by atoms with Crippen molar-refractivity contribution in [3.8, 4) is 11.3 Å². The van der Waals surface area contributed by atoms with E-state index in [2.05, 4.69) is 34.8 Å². The van der Waals surface area contributed by atoms with Gasteiger partial charge in [-0.15, -0.1) is 11.8 Å². The van der Waals surface area contributed by atoms with E-state index in [0.717, 1.165) is 10.5 Å². The molecule has 0 radical (unpaired) electrons. The Balaban J connectivity index is 1.46. The van der Waals surface area contributed by atoms with Crippen LogP contribution in [-0.4, -0.2) is 30.5 Å². The second kappa shape index (κ2) is 11.2. The fourth-order valence-electron chi connectivity index (χ4n) is 2.68. The van der Waals surface area contributed by atoms with Crippen molar-refractivity contribution in [1.82, 2.24) is 5.43 Å². The molecule has 160 valence electrons. The minimum absolute atomic E-state index is 0.155. The first kappa shape index (κ1) is 22.4. The van der Waals surface area contributed by atoms with Gasteiger partial charge in [0.1, 0.15) is 11.5 Å². The molecule has 1 aromatic heterocycles. The van der Waals surface area contributed by atoms with Gasteiger partial charge in [-0.3, -0.25) is 4.79 Å². The number of carbonyl (C=O) groups is 2. The number of carbonyl (C=O) groups excluding carboxylic acids is 2. The van der Waals surface area contributed by atoms with Crippen molar-refractivity contribution >= 4 is 29.9 Å². The molecule has 6 nitrogen and oxygen atoms in total. The van der Waals surface area contributed by atoms with E-state index >= 15 is 0 Å². The number of nitrogens with one attached hydrogen (secondary N) is 1. The van der Waals surface area contributed by atoms with E-state index in [0.29, 0.717) is 35.9 Å². The highest BCUT2D eigenvalue weighted by atomic mass is 32.2. The van der Waals surface area contributed by atoms with Crippen LogP contribution >= 0.6 is 11.8 Å². The van der Waals surface area contributed by atoms with Gasteiger partial charge in [-0.2, -0.15) is 5.10 Å². The molecule has 3 aromatic rings. The third kappa shape index (κ3) is 6.86. The van der Waals surface area contributed by atoms with Crippen molar-refractivity contribution in [3.05, 3.63) is 77.6 Å². The van der Waals surface area contributed by atoms with Gasteiger partial charge >= 0.3 is 5.97 Å². The summed E-state index contributed by atoms with van der Waals surface area (Å²) < 4.78 is 10.7. The van der Waals surface area contributed by atoms with Crippen LogP contribution < -0.4 is 5.43 Å². The van der Waals surface area contributed by atoms with E-state index in [-0.39, 0.29) is 11.9 Å². The summed E-state index contributed by atoms with van der Waals surface area (Å²) in [7, 11) is 0.